The molecular weight excluding hydrogens is 414 g/mol. The van der Waals surface area contributed by atoms with Crippen molar-refractivity contribution in [2.45, 2.75) is 0 Å². The van der Waals surface area contributed by atoms with Gasteiger partial charge >= 0.3 is 11.8 Å². The van der Waals surface area contributed by atoms with Crippen molar-refractivity contribution in [3.8, 4) is 0 Å². The highest BCUT2D eigenvalue weighted by molar-refractivity contribution is 9.10. The van der Waals surface area contributed by atoms with Crippen LogP contribution in [0.2, 0.25) is 0 Å². The highest BCUT2D eigenvalue weighted by atomic mass is 79.9. The van der Waals surface area contributed by atoms with Gasteiger partial charge in [-0.05, 0) is 35.9 Å². The van der Waals surface area contributed by atoms with Crippen molar-refractivity contribution >= 4 is 55.6 Å². The fraction of sp³-hybridized carbons (Fsp3) is 0. The molecule has 0 aliphatic carbocycles. The summed E-state index contributed by atoms with van der Waals surface area (Å²) in [6.07, 6.45) is 1.45. The van der Waals surface area contributed by atoms with Gasteiger partial charge in [-0.1, -0.05) is 50.1 Å². The molecule has 2 N–H and O–H groups in total. The molecule has 0 saturated carbocycles. The number of rotatable bonds is 3. The smallest absolute Gasteiger partial charge is 0.318 e. The summed E-state index contributed by atoms with van der Waals surface area (Å²) in [5.74, 6) is -1.63. The van der Waals surface area contributed by atoms with E-state index in [0.717, 1.165) is 14.5 Å². The lowest BCUT2D eigenvalue weighted by Crippen LogP contribution is -2.32. The second-order valence-electron chi connectivity index (χ2n) is 4.22. The van der Waals surface area contributed by atoms with Gasteiger partial charge in [0.25, 0.3) is 0 Å². The van der Waals surface area contributed by atoms with Gasteiger partial charge in [0.2, 0.25) is 0 Å². The number of nitrogens with zero attached hydrogens (tertiary/aromatic N) is 1. The Hall–Kier alpha value is -1.99. The first-order chi connectivity index (χ1) is 10.5. The first-order valence-electron chi connectivity index (χ1n) is 6.20. The number of hydrogen-bond acceptors (Lipinski definition) is 3. The van der Waals surface area contributed by atoms with Crippen molar-refractivity contribution in [2.24, 2.45) is 5.10 Å². The maximum Gasteiger partial charge on any atom is 0.329 e. The Balaban J connectivity index is 1.90. The number of halogens is 2. The zero-order valence-electron chi connectivity index (χ0n) is 11.2. The number of carbonyl (C=O) groups excluding carboxylic acids is 2. The van der Waals surface area contributed by atoms with Crippen molar-refractivity contribution in [3.63, 3.8) is 0 Å². The molecule has 2 amide bonds. The number of benzene rings is 2. The molecule has 0 fully saturated rings. The molecule has 0 saturated heterocycles. The second-order valence-corrected chi connectivity index (χ2v) is 6.05. The van der Waals surface area contributed by atoms with Crippen LogP contribution in [0.25, 0.3) is 0 Å². The summed E-state index contributed by atoms with van der Waals surface area (Å²) < 4.78 is 1.70. The third-order valence-electron chi connectivity index (χ3n) is 2.52. The SMILES string of the molecule is O=C(N/N=C/c1cccc(Br)c1)C(=O)Nc1cccc(Br)c1. The predicted octanol–water partition coefficient (Wildman–Crippen LogP) is 3.30. The largest absolute Gasteiger partial charge is 0.329 e. The van der Waals surface area contributed by atoms with Crippen LogP contribution in [0.4, 0.5) is 5.69 Å². The Morgan fingerprint density at radius 3 is 2.32 bits per heavy atom. The van der Waals surface area contributed by atoms with E-state index in [4.69, 9.17) is 0 Å². The zero-order valence-corrected chi connectivity index (χ0v) is 14.4. The van der Waals surface area contributed by atoms with E-state index in [1.165, 1.54) is 6.21 Å². The Kier molecular flexibility index (Phi) is 5.85. The normalized spacial score (nSPS) is 10.5. The third-order valence-corrected chi connectivity index (χ3v) is 3.50. The average molecular weight is 425 g/mol. The van der Waals surface area contributed by atoms with Crippen LogP contribution in [-0.4, -0.2) is 18.0 Å². The van der Waals surface area contributed by atoms with Gasteiger partial charge in [0.05, 0.1) is 6.21 Å². The first-order valence-corrected chi connectivity index (χ1v) is 7.79. The molecule has 0 aliphatic rings. The van der Waals surface area contributed by atoms with Crippen LogP contribution in [0.5, 0.6) is 0 Å². The molecule has 2 rings (SSSR count). The van der Waals surface area contributed by atoms with Gasteiger partial charge in [0.15, 0.2) is 0 Å². The topological polar surface area (TPSA) is 70.6 Å². The van der Waals surface area contributed by atoms with Crippen LogP contribution in [0, 0.1) is 0 Å². The third kappa shape index (κ3) is 5.09. The van der Waals surface area contributed by atoms with Crippen molar-refractivity contribution in [2.75, 3.05) is 5.32 Å². The number of anilines is 1. The molecule has 0 unspecified atom stereocenters. The van der Waals surface area contributed by atoms with Crippen LogP contribution in [0.15, 0.2) is 62.6 Å². The number of hydrazone groups is 1. The van der Waals surface area contributed by atoms with Gasteiger partial charge in [0, 0.05) is 14.6 Å². The number of amides is 2. The molecule has 0 atom stereocenters. The van der Waals surface area contributed by atoms with Crippen molar-refractivity contribution in [1.29, 1.82) is 0 Å². The Bertz CT molecular complexity index is 732. The zero-order chi connectivity index (χ0) is 15.9. The average Bonchev–Trinajstić information content (AvgIpc) is 2.47. The summed E-state index contributed by atoms with van der Waals surface area (Å²) in [5, 5.41) is 6.23. The summed E-state index contributed by atoms with van der Waals surface area (Å²) in [4.78, 5) is 23.3. The summed E-state index contributed by atoms with van der Waals surface area (Å²) in [7, 11) is 0. The minimum atomic E-state index is -0.841. The number of hydrogen-bond donors (Lipinski definition) is 2. The second kappa shape index (κ2) is 7.86. The molecule has 0 heterocycles. The Morgan fingerprint density at radius 1 is 0.955 bits per heavy atom. The van der Waals surface area contributed by atoms with Crippen LogP contribution in [-0.2, 0) is 9.59 Å². The maximum atomic E-state index is 11.7. The Morgan fingerprint density at radius 2 is 1.64 bits per heavy atom. The fourth-order valence-corrected chi connectivity index (χ4v) is 2.37. The van der Waals surface area contributed by atoms with Gasteiger partial charge < -0.3 is 5.32 Å². The van der Waals surface area contributed by atoms with E-state index >= 15 is 0 Å². The molecule has 0 bridgehead atoms. The van der Waals surface area contributed by atoms with Crippen molar-refractivity contribution < 1.29 is 9.59 Å². The quantitative estimate of drug-likeness (QED) is 0.450. The van der Waals surface area contributed by atoms with E-state index < -0.39 is 11.8 Å². The van der Waals surface area contributed by atoms with Gasteiger partial charge in [-0.25, -0.2) is 5.43 Å². The van der Waals surface area contributed by atoms with Gasteiger partial charge in [-0.3, -0.25) is 9.59 Å². The van der Waals surface area contributed by atoms with E-state index in [2.05, 4.69) is 47.7 Å². The van der Waals surface area contributed by atoms with Crippen molar-refractivity contribution in [1.82, 2.24) is 5.43 Å². The molecule has 22 heavy (non-hydrogen) atoms. The van der Waals surface area contributed by atoms with Crippen LogP contribution < -0.4 is 10.7 Å². The van der Waals surface area contributed by atoms with Crippen LogP contribution in [0.3, 0.4) is 0 Å². The van der Waals surface area contributed by atoms with Crippen LogP contribution in [0.1, 0.15) is 5.56 Å². The van der Waals surface area contributed by atoms with E-state index in [-0.39, 0.29) is 0 Å². The number of carbonyl (C=O) groups is 2. The van der Waals surface area contributed by atoms with E-state index in [1.807, 2.05) is 30.3 Å². The molecule has 112 valence electrons. The van der Waals surface area contributed by atoms with Crippen molar-refractivity contribution in [3.05, 3.63) is 63.0 Å². The van der Waals surface area contributed by atoms with E-state index in [9.17, 15) is 9.59 Å². The minimum absolute atomic E-state index is 0.519. The molecule has 2 aromatic carbocycles. The molecule has 2 aromatic rings. The van der Waals surface area contributed by atoms with Gasteiger partial charge in [-0.2, -0.15) is 5.10 Å². The molecule has 0 aromatic heterocycles. The molecule has 0 aliphatic heterocycles. The molecule has 0 spiro atoms. The fourth-order valence-electron chi connectivity index (χ4n) is 1.56. The maximum absolute atomic E-state index is 11.7. The highest BCUT2D eigenvalue weighted by Crippen LogP contribution is 2.15. The van der Waals surface area contributed by atoms with E-state index in [0.29, 0.717) is 5.69 Å². The first kappa shape index (κ1) is 16.4. The molecule has 0 radical (unpaired) electrons. The molecular formula is C15H11Br2N3O2. The van der Waals surface area contributed by atoms with E-state index in [1.54, 1.807) is 18.2 Å². The van der Waals surface area contributed by atoms with Gasteiger partial charge in [-0.15, -0.1) is 0 Å². The predicted molar refractivity (Wildman–Crippen MR) is 92.7 cm³/mol. The summed E-state index contributed by atoms with van der Waals surface area (Å²) in [6, 6.07) is 14.3. The van der Waals surface area contributed by atoms with Gasteiger partial charge in [0.1, 0.15) is 0 Å². The monoisotopic (exact) mass is 423 g/mol. The lowest BCUT2D eigenvalue weighted by Gasteiger charge is -2.04. The Labute approximate surface area is 144 Å². The summed E-state index contributed by atoms with van der Waals surface area (Å²) in [5.41, 5.74) is 3.49. The summed E-state index contributed by atoms with van der Waals surface area (Å²) in [6.45, 7) is 0. The molecule has 7 heteroatoms. The minimum Gasteiger partial charge on any atom is -0.318 e. The van der Waals surface area contributed by atoms with Crippen LogP contribution >= 0.6 is 31.9 Å². The lowest BCUT2D eigenvalue weighted by atomic mass is 10.2. The highest BCUT2D eigenvalue weighted by Gasteiger charge is 2.12. The molecule has 5 nitrogen and oxygen atoms in total. The standard InChI is InChI=1S/C15H11Br2N3O2/c16-11-4-1-3-10(7-11)9-18-20-15(22)14(21)19-13-6-2-5-12(17)8-13/h1-9H,(H,19,21)(H,20,22)/b18-9+. The summed E-state index contributed by atoms with van der Waals surface area (Å²) >= 11 is 6.62. The number of nitrogens with one attached hydrogen (secondary N) is 2. The lowest BCUT2D eigenvalue weighted by molar-refractivity contribution is -0.136.